The Labute approximate surface area is 101 Å². The van der Waals surface area contributed by atoms with Crippen molar-refractivity contribution in [3.05, 3.63) is 0 Å². The zero-order valence-electron chi connectivity index (χ0n) is 9.82. The molecule has 2 N–H and O–H groups in total. The molecule has 2 fully saturated rings. The van der Waals surface area contributed by atoms with E-state index >= 15 is 0 Å². The molecular weight excluding hydrogens is 246 g/mol. The van der Waals surface area contributed by atoms with Gasteiger partial charge in [-0.05, 0) is 6.92 Å². The predicted molar refractivity (Wildman–Crippen MR) is 61.4 cm³/mol. The Kier molecular flexibility index (Phi) is 3.74. The van der Waals surface area contributed by atoms with E-state index in [4.69, 9.17) is 9.84 Å². The summed E-state index contributed by atoms with van der Waals surface area (Å²) in [4.78, 5) is 1.94. The van der Waals surface area contributed by atoms with E-state index in [1.54, 1.807) is 0 Å². The van der Waals surface area contributed by atoms with Crippen molar-refractivity contribution in [2.24, 2.45) is 0 Å². The molecule has 2 aliphatic heterocycles. The molecule has 0 radical (unpaired) electrons. The average molecular weight is 265 g/mol. The largest absolute Gasteiger partial charge is 0.394 e. The van der Waals surface area contributed by atoms with E-state index in [2.05, 4.69) is 0 Å². The molecule has 0 saturated carbocycles. The lowest BCUT2D eigenvalue weighted by Gasteiger charge is -2.41. The minimum absolute atomic E-state index is 0.00332. The molecule has 2 saturated heterocycles. The number of rotatable bonds is 2. The Morgan fingerprint density at radius 3 is 2.65 bits per heavy atom. The van der Waals surface area contributed by atoms with E-state index in [1.165, 1.54) is 0 Å². The van der Waals surface area contributed by atoms with Gasteiger partial charge >= 0.3 is 0 Å². The van der Waals surface area contributed by atoms with Gasteiger partial charge in [0, 0.05) is 12.6 Å². The van der Waals surface area contributed by atoms with Crippen molar-refractivity contribution in [1.82, 2.24) is 4.90 Å². The van der Waals surface area contributed by atoms with Gasteiger partial charge in [-0.25, -0.2) is 8.42 Å². The van der Waals surface area contributed by atoms with E-state index < -0.39 is 15.9 Å². The fourth-order valence-corrected chi connectivity index (χ4v) is 4.35. The third kappa shape index (κ3) is 2.79. The highest BCUT2D eigenvalue weighted by molar-refractivity contribution is 7.91. The Morgan fingerprint density at radius 1 is 1.41 bits per heavy atom. The quantitative estimate of drug-likeness (QED) is 0.614. The van der Waals surface area contributed by atoms with Gasteiger partial charge in [-0.2, -0.15) is 0 Å². The van der Waals surface area contributed by atoms with Crippen LogP contribution in [0.25, 0.3) is 0 Å². The number of nitrogens with zero attached hydrogens (tertiary/aromatic N) is 1. The van der Waals surface area contributed by atoms with Crippen LogP contribution in [-0.4, -0.2) is 79.1 Å². The van der Waals surface area contributed by atoms with E-state index in [0.29, 0.717) is 13.2 Å². The van der Waals surface area contributed by atoms with Crippen LogP contribution in [0.2, 0.25) is 0 Å². The second-order valence-electron chi connectivity index (χ2n) is 4.90. The Morgan fingerprint density at radius 2 is 2.12 bits per heavy atom. The van der Waals surface area contributed by atoms with Crippen LogP contribution in [0.5, 0.6) is 0 Å². The first-order valence-corrected chi connectivity index (χ1v) is 7.62. The summed E-state index contributed by atoms with van der Waals surface area (Å²) in [5, 5.41) is 18.9. The number of sulfone groups is 1. The summed E-state index contributed by atoms with van der Waals surface area (Å²) >= 11 is 0. The maximum Gasteiger partial charge on any atom is 0.154 e. The Hall–Kier alpha value is -0.210. The molecule has 0 aromatic heterocycles. The highest BCUT2D eigenvalue weighted by Gasteiger charge is 2.43. The van der Waals surface area contributed by atoms with Crippen molar-refractivity contribution in [2.45, 2.75) is 31.2 Å². The third-order valence-corrected chi connectivity index (χ3v) is 5.18. The number of morpholine rings is 1. The smallest absolute Gasteiger partial charge is 0.154 e. The SMILES string of the molecule is CC1COC(CO)CN1C1CS(=O)(=O)CC1O. The van der Waals surface area contributed by atoms with E-state index in [-0.39, 0.29) is 36.3 Å². The van der Waals surface area contributed by atoms with Crippen molar-refractivity contribution in [2.75, 3.05) is 31.3 Å². The van der Waals surface area contributed by atoms with Crippen LogP contribution >= 0.6 is 0 Å². The van der Waals surface area contributed by atoms with Gasteiger partial charge in [0.2, 0.25) is 0 Å². The molecule has 0 spiro atoms. The van der Waals surface area contributed by atoms with Crippen LogP contribution < -0.4 is 0 Å². The summed E-state index contributed by atoms with van der Waals surface area (Å²) in [6.07, 6.45) is -1.12. The minimum atomic E-state index is -3.14. The van der Waals surface area contributed by atoms with Crippen LogP contribution in [0, 0.1) is 0 Å². The Balaban J connectivity index is 2.10. The van der Waals surface area contributed by atoms with Crippen molar-refractivity contribution in [3.8, 4) is 0 Å². The number of hydrogen-bond donors (Lipinski definition) is 2. The molecule has 7 heteroatoms. The molecule has 2 heterocycles. The molecule has 4 unspecified atom stereocenters. The fourth-order valence-electron chi connectivity index (χ4n) is 2.54. The zero-order valence-corrected chi connectivity index (χ0v) is 10.6. The lowest BCUT2D eigenvalue weighted by molar-refractivity contribution is -0.0993. The summed E-state index contributed by atoms with van der Waals surface area (Å²) in [5.41, 5.74) is 0. The molecule has 17 heavy (non-hydrogen) atoms. The summed E-state index contributed by atoms with van der Waals surface area (Å²) in [6, 6.07) is -0.307. The van der Waals surface area contributed by atoms with Gasteiger partial charge in [-0.15, -0.1) is 0 Å². The van der Waals surface area contributed by atoms with E-state index in [9.17, 15) is 13.5 Å². The van der Waals surface area contributed by atoms with Crippen LogP contribution in [0.4, 0.5) is 0 Å². The first-order valence-electron chi connectivity index (χ1n) is 5.79. The van der Waals surface area contributed by atoms with Gasteiger partial charge in [0.1, 0.15) is 0 Å². The average Bonchev–Trinajstić information content (AvgIpc) is 2.53. The van der Waals surface area contributed by atoms with Gasteiger partial charge in [0.05, 0.1) is 43.0 Å². The maximum absolute atomic E-state index is 11.5. The fraction of sp³-hybridized carbons (Fsp3) is 1.00. The highest BCUT2D eigenvalue weighted by Crippen LogP contribution is 2.23. The molecule has 2 aliphatic rings. The molecule has 6 nitrogen and oxygen atoms in total. The molecule has 2 rings (SSSR count). The second kappa shape index (κ2) is 4.81. The molecule has 4 atom stereocenters. The van der Waals surface area contributed by atoms with Gasteiger partial charge in [-0.1, -0.05) is 0 Å². The van der Waals surface area contributed by atoms with Gasteiger partial charge in [0.15, 0.2) is 9.84 Å². The number of aliphatic hydroxyl groups is 2. The van der Waals surface area contributed by atoms with Crippen LogP contribution in [-0.2, 0) is 14.6 Å². The molecule has 0 bridgehead atoms. The molecule has 0 aliphatic carbocycles. The molecule has 0 aromatic carbocycles. The highest BCUT2D eigenvalue weighted by atomic mass is 32.2. The minimum Gasteiger partial charge on any atom is -0.394 e. The number of ether oxygens (including phenoxy) is 1. The van der Waals surface area contributed by atoms with Gasteiger partial charge < -0.3 is 14.9 Å². The van der Waals surface area contributed by atoms with Crippen molar-refractivity contribution in [3.63, 3.8) is 0 Å². The van der Waals surface area contributed by atoms with E-state index in [1.807, 2.05) is 11.8 Å². The molecule has 100 valence electrons. The first kappa shape index (κ1) is 13.2. The van der Waals surface area contributed by atoms with Gasteiger partial charge in [0.25, 0.3) is 0 Å². The molecule has 0 aromatic rings. The van der Waals surface area contributed by atoms with Crippen LogP contribution in [0.15, 0.2) is 0 Å². The van der Waals surface area contributed by atoms with Crippen molar-refractivity contribution in [1.29, 1.82) is 0 Å². The third-order valence-electron chi connectivity index (χ3n) is 3.48. The molecule has 0 amide bonds. The lowest BCUT2D eigenvalue weighted by atomic mass is 10.1. The lowest BCUT2D eigenvalue weighted by Crippen LogP contribution is -2.56. The van der Waals surface area contributed by atoms with Gasteiger partial charge in [-0.3, -0.25) is 4.90 Å². The Bertz CT molecular complexity index is 371. The second-order valence-corrected chi connectivity index (χ2v) is 7.05. The zero-order chi connectivity index (χ0) is 12.6. The van der Waals surface area contributed by atoms with E-state index in [0.717, 1.165) is 0 Å². The van der Waals surface area contributed by atoms with Crippen LogP contribution in [0.1, 0.15) is 6.92 Å². The summed E-state index contributed by atoms with van der Waals surface area (Å²) in [7, 11) is -3.14. The molecular formula is C10H19NO5S. The maximum atomic E-state index is 11.5. The van der Waals surface area contributed by atoms with Crippen molar-refractivity contribution < 1.29 is 23.4 Å². The van der Waals surface area contributed by atoms with Crippen LogP contribution in [0.3, 0.4) is 0 Å². The topological polar surface area (TPSA) is 87.1 Å². The summed E-state index contributed by atoms with van der Waals surface area (Å²) < 4.78 is 28.4. The standard InChI is InChI=1S/C10H19NO5S/c1-7-4-16-8(3-12)2-11(7)9-5-17(14,15)6-10(9)13/h7-10,12-13H,2-6H2,1H3. The predicted octanol–water partition coefficient (Wildman–Crippen LogP) is -1.77. The summed E-state index contributed by atoms with van der Waals surface area (Å²) in [6.45, 7) is 2.77. The number of aliphatic hydroxyl groups excluding tert-OH is 2. The normalized spacial score (nSPS) is 42.8. The number of hydrogen-bond acceptors (Lipinski definition) is 6. The summed E-state index contributed by atoms with van der Waals surface area (Å²) in [5.74, 6) is -0.164. The van der Waals surface area contributed by atoms with Crippen molar-refractivity contribution >= 4 is 9.84 Å². The monoisotopic (exact) mass is 265 g/mol. The first-order chi connectivity index (χ1) is 7.93.